The molecule has 0 bridgehead atoms. The van der Waals surface area contributed by atoms with Crippen LogP contribution in [-0.4, -0.2) is 30.3 Å². The Hall–Kier alpha value is -0.840. The van der Waals surface area contributed by atoms with Crippen molar-refractivity contribution in [2.24, 2.45) is 5.73 Å². The van der Waals surface area contributed by atoms with Crippen LogP contribution >= 0.6 is 23.8 Å². The lowest BCUT2D eigenvalue weighted by Crippen LogP contribution is -2.45. The maximum atomic E-state index is 6.30. The minimum absolute atomic E-state index is 0.208. The number of morpholine rings is 1. The molecule has 0 aromatic heterocycles. The maximum Gasteiger partial charge on any atom is 0.104 e. The molecule has 18 heavy (non-hydrogen) atoms. The van der Waals surface area contributed by atoms with Gasteiger partial charge in [0, 0.05) is 18.7 Å². The molecule has 5 heteroatoms. The first-order valence-electron chi connectivity index (χ1n) is 5.97. The summed E-state index contributed by atoms with van der Waals surface area (Å²) in [4.78, 5) is 2.61. The highest BCUT2D eigenvalue weighted by Crippen LogP contribution is 2.29. The molecular weight excluding hydrogens is 268 g/mol. The third kappa shape index (κ3) is 2.94. The van der Waals surface area contributed by atoms with Crippen LogP contribution in [0.1, 0.15) is 19.4 Å². The summed E-state index contributed by atoms with van der Waals surface area (Å²) in [5.74, 6) is 0. The van der Waals surface area contributed by atoms with Crippen molar-refractivity contribution in [3.05, 3.63) is 28.8 Å². The van der Waals surface area contributed by atoms with E-state index in [0.29, 0.717) is 10.0 Å². The number of thiocarbonyl (C=S) groups is 1. The van der Waals surface area contributed by atoms with Crippen molar-refractivity contribution in [3.63, 3.8) is 0 Å². The number of ether oxygens (including phenoxy) is 1. The second-order valence-electron chi connectivity index (χ2n) is 4.69. The van der Waals surface area contributed by atoms with Gasteiger partial charge < -0.3 is 15.4 Å². The molecule has 0 aliphatic carbocycles. The van der Waals surface area contributed by atoms with Crippen molar-refractivity contribution in [1.82, 2.24) is 0 Å². The third-order valence-electron chi connectivity index (χ3n) is 2.99. The van der Waals surface area contributed by atoms with Crippen LogP contribution in [0.15, 0.2) is 18.2 Å². The van der Waals surface area contributed by atoms with Gasteiger partial charge in [-0.2, -0.15) is 0 Å². The van der Waals surface area contributed by atoms with E-state index in [0.717, 1.165) is 24.3 Å². The lowest BCUT2D eigenvalue weighted by molar-refractivity contribution is -0.00520. The Labute approximate surface area is 118 Å². The third-order valence-corrected chi connectivity index (χ3v) is 3.53. The molecule has 1 aliphatic heterocycles. The fraction of sp³-hybridized carbons (Fsp3) is 0.462. The van der Waals surface area contributed by atoms with E-state index in [1.54, 1.807) is 0 Å². The predicted molar refractivity (Wildman–Crippen MR) is 79.6 cm³/mol. The first-order valence-corrected chi connectivity index (χ1v) is 6.75. The van der Waals surface area contributed by atoms with Crippen LogP contribution in [0.5, 0.6) is 0 Å². The molecule has 0 radical (unpaired) electrons. The van der Waals surface area contributed by atoms with Crippen LogP contribution in [0.3, 0.4) is 0 Å². The molecule has 1 aliphatic rings. The SMILES string of the molecule is CC1CN(c2ccc(C(N)=S)cc2Cl)CC(C)O1. The summed E-state index contributed by atoms with van der Waals surface area (Å²) in [6.45, 7) is 5.83. The van der Waals surface area contributed by atoms with E-state index in [1.807, 2.05) is 18.2 Å². The predicted octanol–water partition coefficient (Wildman–Crippen LogP) is 2.59. The van der Waals surface area contributed by atoms with Gasteiger partial charge in [0.1, 0.15) is 4.99 Å². The molecule has 2 atom stereocenters. The standard InChI is InChI=1S/C13H17ClN2OS/c1-8-6-16(7-9(2)17-8)12-4-3-10(13(15)18)5-11(12)14/h3-5,8-9H,6-7H2,1-2H3,(H2,15,18). The Kier molecular flexibility index (Phi) is 4.10. The number of halogens is 1. The molecule has 2 rings (SSSR count). The van der Waals surface area contributed by atoms with Crippen molar-refractivity contribution < 1.29 is 4.74 Å². The van der Waals surface area contributed by atoms with Crippen LogP contribution in [0.4, 0.5) is 5.69 Å². The summed E-state index contributed by atoms with van der Waals surface area (Å²) in [5, 5.41) is 0.682. The van der Waals surface area contributed by atoms with E-state index in [1.165, 1.54) is 0 Å². The molecular formula is C13H17ClN2OS. The first kappa shape index (κ1) is 13.6. The molecule has 0 amide bonds. The van der Waals surface area contributed by atoms with Gasteiger partial charge in [-0.1, -0.05) is 23.8 Å². The van der Waals surface area contributed by atoms with Gasteiger partial charge in [-0.05, 0) is 32.0 Å². The van der Waals surface area contributed by atoms with Gasteiger partial charge in [-0.15, -0.1) is 0 Å². The fourth-order valence-electron chi connectivity index (χ4n) is 2.29. The summed E-state index contributed by atoms with van der Waals surface area (Å²) < 4.78 is 5.71. The van der Waals surface area contributed by atoms with Crippen molar-refractivity contribution in [1.29, 1.82) is 0 Å². The lowest BCUT2D eigenvalue weighted by Gasteiger charge is -2.37. The zero-order valence-corrected chi connectivity index (χ0v) is 12.1. The van der Waals surface area contributed by atoms with Crippen LogP contribution in [-0.2, 0) is 4.74 Å². The summed E-state index contributed by atoms with van der Waals surface area (Å²) in [6, 6.07) is 5.71. The van der Waals surface area contributed by atoms with E-state index in [4.69, 9.17) is 34.3 Å². The smallest absolute Gasteiger partial charge is 0.104 e. The van der Waals surface area contributed by atoms with E-state index in [9.17, 15) is 0 Å². The molecule has 1 aromatic carbocycles. The van der Waals surface area contributed by atoms with E-state index >= 15 is 0 Å². The second kappa shape index (κ2) is 5.43. The average molecular weight is 285 g/mol. The fourth-order valence-corrected chi connectivity index (χ4v) is 2.72. The summed E-state index contributed by atoms with van der Waals surface area (Å²) >= 11 is 11.2. The minimum Gasteiger partial charge on any atom is -0.389 e. The van der Waals surface area contributed by atoms with Crippen molar-refractivity contribution in [2.45, 2.75) is 26.1 Å². The van der Waals surface area contributed by atoms with Gasteiger partial charge in [0.2, 0.25) is 0 Å². The maximum absolute atomic E-state index is 6.30. The zero-order valence-electron chi connectivity index (χ0n) is 10.5. The molecule has 1 heterocycles. The van der Waals surface area contributed by atoms with Gasteiger partial charge in [-0.3, -0.25) is 0 Å². The Bertz CT molecular complexity index is 456. The monoisotopic (exact) mass is 284 g/mol. The van der Waals surface area contributed by atoms with E-state index in [2.05, 4.69) is 18.7 Å². The van der Waals surface area contributed by atoms with Crippen molar-refractivity contribution in [2.75, 3.05) is 18.0 Å². The van der Waals surface area contributed by atoms with Crippen molar-refractivity contribution >= 4 is 34.5 Å². The summed E-state index contributed by atoms with van der Waals surface area (Å²) in [5.41, 5.74) is 7.41. The lowest BCUT2D eigenvalue weighted by atomic mass is 10.1. The topological polar surface area (TPSA) is 38.5 Å². The minimum atomic E-state index is 0.208. The molecule has 2 N–H and O–H groups in total. The molecule has 3 nitrogen and oxygen atoms in total. The van der Waals surface area contributed by atoms with Crippen LogP contribution in [0, 0.1) is 0 Å². The number of rotatable bonds is 2. The molecule has 0 saturated carbocycles. The largest absolute Gasteiger partial charge is 0.389 e. The number of hydrogen-bond acceptors (Lipinski definition) is 3. The number of benzene rings is 1. The van der Waals surface area contributed by atoms with Crippen molar-refractivity contribution in [3.8, 4) is 0 Å². The van der Waals surface area contributed by atoms with Gasteiger partial charge in [0.15, 0.2) is 0 Å². The second-order valence-corrected chi connectivity index (χ2v) is 5.54. The zero-order chi connectivity index (χ0) is 13.3. The van der Waals surface area contributed by atoms with Gasteiger partial charge >= 0.3 is 0 Å². The molecule has 0 spiro atoms. The number of nitrogens with two attached hydrogens (primary N) is 1. The molecule has 2 unspecified atom stereocenters. The molecule has 1 aromatic rings. The Morgan fingerprint density at radius 2 is 2.00 bits per heavy atom. The number of anilines is 1. The Balaban J connectivity index is 2.25. The highest BCUT2D eigenvalue weighted by molar-refractivity contribution is 7.80. The Morgan fingerprint density at radius 1 is 1.39 bits per heavy atom. The summed E-state index contributed by atoms with van der Waals surface area (Å²) in [6.07, 6.45) is 0.417. The molecule has 1 fully saturated rings. The molecule has 1 saturated heterocycles. The van der Waals surface area contributed by atoms with E-state index < -0.39 is 0 Å². The van der Waals surface area contributed by atoms with Gasteiger partial charge in [-0.25, -0.2) is 0 Å². The van der Waals surface area contributed by atoms with E-state index in [-0.39, 0.29) is 12.2 Å². The van der Waals surface area contributed by atoms with Gasteiger partial charge in [0.25, 0.3) is 0 Å². The quantitative estimate of drug-likeness (QED) is 0.847. The Morgan fingerprint density at radius 3 is 2.50 bits per heavy atom. The number of nitrogens with zero attached hydrogens (tertiary/aromatic N) is 1. The van der Waals surface area contributed by atoms with Gasteiger partial charge in [0.05, 0.1) is 22.9 Å². The van der Waals surface area contributed by atoms with Crippen LogP contribution in [0.25, 0.3) is 0 Å². The van der Waals surface area contributed by atoms with Crippen LogP contribution < -0.4 is 10.6 Å². The highest BCUT2D eigenvalue weighted by Gasteiger charge is 2.23. The summed E-state index contributed by atoms with van der Waals surface area (Å²) in [7, 11) is 0. The number of hydrogen-bond donors (Lipinski definition) is 1. The van der Waals surface area contributed by atoms with Crippen LogP contribution in [0.2, 0.25) is 5.02 Å². The first-order chi connectivity index (χ1) is 8.47. The normalized spacial score (nSPS) is 24.1. The highest BCUT2D eigenvalue weighted by atomic mass is 35.5. The average Bonchev–Trinajstić information content (AvgIpc) is 2.27. The molecule has 98 valence electrons.